The van der Waals surface area contributed by atoms with Crippen molar-refractivity contribution in [2.45, 2.75) is 26.9 Å². The smallest absolute Gasteiger partial charge is 0.253 e. The van der Waals surface area contributed by atoms with E-state index in [9.17, 15) is 4.79 Å². The molecule has 2 aromatic heterocycles. The molecule has 0 bridgehead atoms. The Hall–Kier alpha value is -2.73. The number of aromatic nitrogens is 2. The molecule has 0 aliphatic carbocycles. The van der Waals surface area contributed by atoms with Gasteiger partial charge in [-0.15, -0.1) is 0 Å². The van der Waals surface area contributed by atoms with E-state index in [0.717, 1.165) is 27.6 Å². The molecule has 3 aromatic rings. The number of H-pyrrole nitrogens is 1. The number of benzene rings is 1. The molecule has 1 aromatic carbocycles. The minimum absolute atomic E-state index is 0.0856. The maximum absolute atomic E-state index is 12.6. The predicted octanol–water partition coefficient (Wildman–Crippen LogP) is 3.05. The molecule has 5 nitrogen and oxygen atoms in total. The number of hydrogen-bond acceptors (Lipinski definition) is 3. The van der Waals surface area contributed by atoms with E-state index in [0.29, 0.717) is 23.8 Å². The van der Waals surface area contributed by atoms with Crippen LogP contribution in [-0.2, 0) is 13.1 Å². The van der Waals surface area contributed by atoms with Gasteiger partial charge in [0.15, 0.2) is 5.11 Å². The van der Waals surface area contributed by atoms with Crippen LogP contribution in [0.25, 0.3) is 10.9 Å². The molecule has 2 N–H and O–H groups in total. The summed E-state index contributed by atoms with van der Waals surface area (Å²) < 4.78 is 0. The Labute approximate surface area is 158 Å². The Morgan fingerprint density at radius 1 is 1.27 bits per heavy atom. The lowest BCUT2D eigenvalue weighted by molar-refractivity contribution is 0.400. The molecule has 0 saturated heterocycles. The van der Waals surface area contributed by atoms with Gasteiger partial charge < -0.3 is 15.2 Å². The molecule has 6 heteroatoms. The quantitative estimate of drug-likeness (QED) is 0.695. The van der Waals surface area contributed by atoms with Gasteiger partial charge in [0.25, 0.3) is 5.56 Å². The zero-order chi connectivity index (χ0) is 18.7. The number of aryl methyl sites for hydroxylation is 2. The zero-order valence-electron chi connectivity index (χ0n) is 15.2. The third kappa shape index (κ3) is 3.91. The second-order valence-corrected chi connectivity index (χ2v) is 6.83. The molecule has 0 amide bonds. The Bertz CT molecular complexity index is 998. The summed E-state index contributed by atoms with van der Waals surface area (Å²) in [6, 6.07) is 9.98. The minimum atomic E-state index is -0.0856. The van der Waals surface area contributed by atoms with Gasteiger partial charge in [-0.1, -0.05) is 12.1 Å². The fourth-order valence-corrected chi connectivity index (χ4v) is 3.24. The average Bonchev–Trinajstić information content (AvgIpc) is 2.62. The SMILES string of the molecule is CNC(=S)N(Cc1cccnc1)Cc1cc2c(C)cc(C)cc2[nH]c1=O. The van der Waals surface area contributed by atoms with Crippen LogP contribution in [0.4, 0.5) is 0 Å². The second-order valence-electron chi connectivity index (χ2n) is 6.44. The van der Waals surface area contributed by atoms with Crippen LogP contribution in [0.5, 0.6) is 0 Å². The summed E-state index contributed by atoms with van der Waals surface area (Å²) >= 11 is 5.44. The highest BCUT2D eigenvalue weighted by molar-refractivity contribution is 7.80. The number of aromatic amines is 1. The lowest BCUT2D eigenvalue weighted by Crippen LogP contribution is -2.38. The van der Waals surface area contributed by atoms with E-state index in [4.69, 9.17) is 12.2 Å². The van der Waals surface area contributed by atoms with Crippen LogP contribution in [-0.4, -0.2) is 27.0 Å². The first kappa shape index (κ1) is 18.1. The molecule has 0 spiro atoms. The first-order valence-electron chi connectivity index (χ1n) is 8.46. The third-order valence-electron chi connectivity index (χ3n) is 4.35. The van der Waals surface area contributed by atoms with Gasteiger partial charge >= 0.3 is 0 Å². The van der Waals surface area contributed by atoms with Crippen molar-refractivity contribution < 1.29 is 0 Å². The van der Waals surface area contributed by atoms with Crippen molar-refractivity contribution >= 4 is 28.2 Å². The van der Waals surface area contributed by atoms with Gasteiger partial charge in [0.05, 0.1) is 6.54 Å². The number of thiocarbonyl (C=S) groups is 1. The van der Waals surface area contributed by atoms with Crippen LogP contribution in [0.3, 0.4) is 0 Å². The molecule has 26 heavy (non-hydrogen) atoms. The maximum Gasteiger partial charge on any atom is 0.253 e. The average molecular weight is 366 g/mol. The highest BCUT2D eigenvalue weighted by Gasteiger charge is 2.14. The van der Waals surface area contributed by atoms with Gasteiger partial charge in [0, 0.05) is 42.5 Å². The summed E-state index contributed by atoms with van der Waals surface area (Å²) in [7, 11) is 1.79. The molecule has 0 aliphatic rings. The van der Waals surface area contributed by atoms with Crippen molar-refractivity contribution in [3.05, 3.63) is 75.3 Å². The number of fused-ring (bicyclic) bond motifs is 1. The summed E-state index contributed by atoms with van der Waals surface area (Å²) in [6.45, 7) is 5.09. The first-order valence-corrected chi connectivity index (χ1v) is 8.87. The van der Waals surface area contributed by atoms with Crippen molar-refractivity contribution in [3.8, 4) is 0 Å². The molecule has 0 radical (unpaired) electrons. The topological polar surface area (TPSA) is 61.0 Å². The lowest BCUT2D eigenvalue weighted by atomic mass is 10.0. The zero-order valence-corrected chi connectivity index (χ0v) is 16.0. The Morgan fingerprint density at radius 2 is 2.08 bits per heavy atom. The van der Waals surface area contributed by atoms with Gasteiger partial charge in [-0.3, -0.25) is 9.78 Å². The van der Waals surface area contributed by atoms with Gasteiger partial charge in [0.1, 0.15) is 0 Å². The summed E-state index contributed by atoms with van der Waals surface area (Å²) in [6.07, 6.45) is 3.55. The number of rotatable bonds is 4. The van der Waals surface area contributed by atoms with Crippen molar-refractivity contribution in [2.75, 3.05) is 7.05 Å². The van der Waals surface area contributed by atoms with Gasteiger partial charge in [0.2, 0.25) is 0 Å². The van der Waals surface area contributed by atoms with E-state index in [1.807, 2.05) is 42.3 Å². The van der Waals surface area contributed by atoms with Gasteiger partial charge in [-0.25, -0.2) is 0 Å². The maximum atomic E-state index is 12.6. The predicted molar refractivity (Wildman–Crippen MR) is 109 cm³/mol. The fraction of sp³-hybridized carbons (Fsp3) is 0.250. The van der Waals surface area contributed by atoms with Crippen LogP contribution in [0, 0.1) is 13.8 Å². The van der Waals surface area contributed by atoms with E-state index in [-0.39, 0.29) is 5.56 Å². The lowest BCUT2D eigenvalue weighted by Gasteiger charge is -2.25. The number of nitrogens with one attached hydrogen (secondary N) is 2. The number of nitrogens with zero attached hydrogens (tertiary/aromatic N) is 2. The molecule has 0 atom stereocenters. The molecule has 2 heterocycles. The molecule has 0 unspecified atom stereocenters. The first-order chi connectivity index (χ1) is 12.5. The van der Waals surface area contributed by atoms with E-state index in [1.165, 1.54) is 0 Å². The molecule has 134 valence electrons. The van der Waals surface area contributed by atoms with Gasteiger partial charge in [-0.2, -0.15) is 0 Å². The highest BCUT2D eigenvalue weighted by Crippen LogP contribution is 2.19. The third-order valence-corrected chi connectivity index (χ3v) is 4.81. The minimum Gasteiger partial charge on any atom is -0.366 e. The van der Waals surface area contributed by atoms with Crippen LogP contribution in [0.2, 0.25) is 0 Å². The van der Waals surface area contributed by atoms with E-state index >= 15 is 0 Å². The molecule has 0 fully saturated rings. The molecule has 0 saturated carbocycles. The summed E-state index contributed by atoms with van der Waals surface area (Å²) in [5.74, 6) is 0. The van der Waals surface area contributed by atoms with Crippen molar-refractivity contribution in [2.24, 2.45) is 0 Å². The van der Waals surface area contributed by atoms with Crippen LogP contribution >= 0.6 is 12.2 Å². The summed E-state index contributed by atoms with van der Waals surface area (Å²) in [4.78, 5) is 21.7. The molecule has 3 rings (SSSR count). The highest BCUT2D eigenvalue weighted by atomic mass is 32.1. The number of hydrogen-bond donors (Lipinski definition) is 2. The summed E-state index contributed by atoms with van der Waals surface area (Å²) in [5, 5.41) is 4.65. The van der Waals surface area contributed by atoms with E-state index in [2.05, 4.69) is 28.3 Å². The largest absolute Gasteiger partial charge is 0.366 e. The van der Waals surface area contributed by atoms with Crippen molar-refractivity contribution in [3.63, 3.8) is 0 Å². The Morgan fingerprint density at radius 3 is 2.77 bits per heavy atom. The summed E-state index contributed by atoms with van der Waals surface area (Å²) in [5.41, 5.74) is 4.78. The van der Waals surface area contributed by atoms with Crippen LogP contribution in [0.15, 0.2) is 47.5 Å². The van der Waals surface area contributed by atoms with Gasteiger partial charge in [-0.05, 0) is 61.0 Å². The van der Waals surface area contributed by atoms with Crippen molar-refractivity contribution in [1.82, 2.24) is 20.2 Å². The van der Waals surface area contributed by atoms with Crippen molar-refractivity contribution in [1.29, 1.82) is 0 Å². The van der Waals surface area contributed by atoms with Crippen LogP contribution < -0.4 is 10.9 Å². The second kappa shape index (κ2) is 7.66. The normalized spacial score (nSPS) is 10.7. The molecular formula is C20H22N4OS. The Balaban J connectivity index is 1.97. The van der Waals surface area contributed by atoms with E-state index in [1.54, 1.807) is 13.2 Å². The molecular weight excluding hydrogens is 344 g/mol. The van der Waals surface area contributed by atoms with E-state index < -0.39 is 0 Å². The standard InChI is InChI=1S/C20H22N4OS/c1-13-7-14(2)17-9-16(19(25)23-18(17)8-13)12-24(20(26)21-3)11-15-5-4-6-22-10-15/h4-10H,11-12H2,1-3H3,(H,21,26)(H,23,25). The fourth-order valence-electron chi connectivity index (χ4n) is 3.11. The monoisotopic (exact) mass is 366 g/mol. The van der Waals surface area contributed by atoms with Crippen LogP contribution in [0.1, 0.15) is 22.3 Å². The molecule has 0 aliphatic heterocycles. The Kier molecular flexibility index (Phi) is 5.32. The number of pyridine rings is 2.